The quantitative estimate of drug-likeness (QED) is 0.698. The van der Waals surface area contributed by atoms with Gasteiger partial charge in [0.1, 0.15) is 12.1 Å². The molecule has 31 heavy (non-hydrogen) atoms. The summed E-state index contributed by atoms with van der Waals surface area (Å²) in [6.45, 7) is 4.56. The highest BCUT2D eigenvalue weighted by Gasteiger charge is 2.51. The highest BCUT2D eigenvalue weighted by molar-refractivity contribution is 6.10. The van der Waals surface area contributed by atoms with Gasteiger partial charge in [-0.1, -0.05) is 37.3 Å². The Morgan fingerprint density at radius 3 is 2.39 bits per heavy atom. The van der Waals surface area contributed by atoms with Crippen molar-refractivity contribution in [1.82, 2.24) is 10.2 Å². The van der Waals surface area contributed by atoms with Crippen LogP contribution in [-0.4, -0.2) is 55.6 Å². The van der Waals surface area contributed by atoms with E-state index in [0.29, 0.717) is 30.9 Å². The van der Waals surface area contributed by atoms with Crippen molar-refractivity contribution in [3.63, 3.8) is 0 Å². The number of ether oxygens (including phenoxy) is 1. The molecule has 0 bridgehead atoms. The third-order valence-electron chi connectivity index (χ3n) is 5.80. The number of carbonyl (C=O) groups excluding carboxylic acids is 3. The van der Waals surface area contributed by atoms with Crippen molar-refractivity contribution in [2.24, 2.45) is 0 Å². The number of hydrogen-bond acceptors (Lipinski definition) is 5. The number of nitrogens with one attached hydrogen (secondary N) is 2. The van der Waals surface area contributed by atoms with Crippen LogP contribution in [0.1, 0.15) is 18.9 Å². The van der Waals surface area contributed by atoms with E-state index in [1.165, 1.54) is 0 Å². The first-order valence-electron chi connectivity index (χ1n) is 10.5. The van der Waals surface area contributed by atoms with Crippen LogP contribution in [0.4, 0.5) is 16.2 Å². The lowest BCUT2D eigenvalue weighted by Crippen LogP contribution is -2.44. The number of rotatable bonds is 6. The van der Waals surface area contributed by atoms with E-state index in [1.807, 2.05) is 49.4 Å². The van der Waals surface area contributed by atoms with Crippen molar-refractivity contribution in [2.45, 2.75) is 18.9 Å². The number of hydrogen-bond donors (Lipinski definition) is 2. The van der Waals surface area contributed by atoms with Gasteiger partial charge in [-0.05, 0) is 36.2 Å². The molecule has 2 aromatic carbocycles. The normalized spacial score (nSPS) is 21.2. The van der Waals surface area contributed by atoms with Crippen LogP contribution >= 0.6 is 0 Å². The summed E-state index contributed by atoms with van der Waals surface area (Å²) in [4.78, 5) is 41.4. The van der Waals surface area contributed by atoms with Gasteiger partial charge in [-0.2, -0.15) is 0 Å². The summed E-state index contributed by atoms with van der Waals surface area (Å²) < 4.78 is 5.37. The van der Waals surface area contributed by atoms with Crippen molar-refractivity contribution in [3.8, 4) is 0 Å². The molecule has 4 rings (SSSR count). The summed E-state index contributed by atoms with van der Waals surface area (Å²) in [5.74, 6) is -0.841. The molecule has 0 aliphatic carbocycles. The first kappa shape index (κ1) is 20.9. The Balaban J connectivity index is 1.41. The van der Waals surface area contributed by atoms with Gasteiger partial charge in [0, 0.05) is 24.5 Å². The Bertz CT molecular complexity index is 957. The average Bonchev–Trinajstić information content (AvgIpc) is 3.06. The molecule has 2 aliphatic heterocycles. The second-order valence-corrected chi connectivity index (χ2v) is 7.64. The minimum atomic E-state index is -1.14. The number of carbonyl (C=O) groups is 3. The number of amides is 4. The summed E-state index contributed by atoms with van der Waals surface area (Å²) in [5.41, 5.74) is 1.24. The summed E-state index contributed by atoms with van der Waals surface area (Å²) >= 11 is 0. The molecule has 0 radical (unpaired) electrons. The zero-order valence-electron chi connectivity index (χ0n) is 17.5. The molecule has 1 atom stereocenters. The van der Waals surface area contributed by atoms with E-state index >= 15 is 0 Å². The fourth-order valence-electron chi connectivity index (χ4n) is 4.05. The Kier molecular flexibility index (Phi) is 5.90. The Morgan fingerprint density at radius 2 is 1.74 bits per heavy atom. The minimum Gasteiger partial charge on any atom is -0.378 e. The van der Waals surface area contributed by atoms with Gasteiger partial charge in [0.2, 0.25) is 5.91 Å². The van der Waals surface area contributed by atoms with Crippen molar-refractivity contribution >= 4 is 29.2 Å². The van der Waals surface area contributed by atoms with E-state index in [0.717, 1.165) is 23.7 Å². The first-order valence-corrected chi connectivity index (χ1v) is 10.5. The molecular weight excluding hydrogens is 396 g/mol. The molecule has 2 fully saturated rings. The van der Waals surface area contributed by atoms with Gasteiger partial charge in [0.15, 0.2) is 0 Å². The van der Waals surface area contributed by atoms with Crippen LogP contribution in [0.5, 0.6) is 0 Å². The number of benzene rings is 2. The largest absolute Gasteiger partial charge is 0.378 e. The molecule has 4 amide bonds. The Labute approximate surface area is 181 Å². The smallest absolute Gasteiger partial charge is 0.325 e. The van der Waals surface area contributed by atoms with Crippen LogP contribution in [0.2, 0.25) is 0 Å². The van der Waals surface area contributed by atoms with E-state index in [1.54, 1.807) is 12.1 Å². The minimum absolute atomic E-state index is 0.343. The Hall–Kier alpha value is -3.39. The van der Waals surface area contributed by atoms with Crippen LogP contribution in [-0.2, 0) is 19.9 Å². The number of anilines is 2. The van der Waals surface area contributed by atoms with Crippen LogP contribution < -0.4 is 15.5 Å². The third kappa shape index (κ3) is 4.11. The fourth-order valence-corrected chi connectivity index (χ4v) is 4.05. The van der Waals surface area contributed by atoms with Gasteiger partial charge in [-0.25, -0.2) is 4.79 Å². The predicted octanol–water partition coefficient (Wildman–Crippen LogP) is 2.32. The monoisotopic (exact) mass is 422 g/mol. The molecular formula is C23H26N4O4. The predicted molar refractivity (Wildman–Crippen MR) is 117 cm³/mol. The summed E-state index contributed by atoms with van der Waals surface area (Å²) in [6, 6.07) is 16.0. The molecule has 2 saturated heterocycles. The van der Waals surface area contributed by atoms with E-state index in [2.05, 4.69) is 15.5 Å². The van der Waals surface area contributed by atoms with Crippen molar-refractivity contribution in [3.05, 3.63) is 60.2 Å². The Morgan fingerprint density at radius 1 is 1.06 bits per heavy atom. The van der Waals surface area contributed by atoms with E-state index in [4.69, 9.17) is 4.74 Å². The molecule has 162 valence electrons. The van der Waals surface area contributed by atoms with Gasteiger partial charge >= 0.3 is 6.03 Å². The van der Waals surface area contributed by atoms with E-state index < -0.39 is 23.4 Å². The van der Waals surface area contributed by atoms with Gasteiger partial charge < -0.3 is 20.3 Å². The second-order valence-electron chi connectivity index (χ2n) is 7.64. The van der Waals surface area contributed by atoms with Gasteiger partial charge in [-0.15, -0.1) is 0 Å². The third-order valence-corrected chi connectivity index (χ3v) is 5.80. The summed E-state index contributed by atoms with van der Waals surface area (Å²) in [5, 5.41) is 5.56. The van der Waals surface area contributed by atoms with Crippen LogP contribution in [0.3, 0.4) is 0 Å². The maximum absolute atomic E-state index is 13.1. The summed E-state index contributed by atoms with van der Waals surface area (Å²) in [7, 11) is 0. The molecule has 8 nitrogen and oxygen atoms in total. The topological polar surface area (TPSA) is 91.0 Å². The molecule has 2 aliphatic rings. The number of urea groups is 1. The highest BCUT2D eigenvalue weighted by atomic mass is 16.5. The molecule has 2 aromatic rings. The zero-order valence-corrected chi connectivity index (χ0v) is 17.5. The lowest BCUT2D eigenvalue weighted by Gasteiger charge is -2.28. The molecule has 0 saturated carbocycles. The number of imide groups is 1. The molecule has 0 spiro atoms. The summed E-state index contributed by atoms with van der Waals surface area (Å²) in [6.07, 6.45) is 0.392. The van der Waals surface area contributed by atoms with Crippen LogP contribution in [0, 0.1) is 0 Å². The van der Waals surface area contributed by atoms with Gasteiger partial charge in [-0.3, -0.25) is 14.5 Å². The van der Waals surface area contributed by atoms with Crippen LogP contribution in [0.25, 0.3) is 0 Å². The van der Waals surface area contributed by atoms with Crippen molar-refractivity contribution < 1.29 is 19.1 Å². The molecule has 2 N–H and O–H groups in total. The first-order chi connectivity index (χ1) is 15.0. The van der Waals surface area contributed by atoms with E-state index in [-0.39, 0.29) is 6.54 Å². The number of nitrogens with zero attached hydrogens (tertiary/aromatic N) is 2. The maximum atomic E-state index is 13.1. The SMILES string of the molecule is CC[C@]1(c2ccccc2)NC(=O)N(CC(=O)Nc2ccc(N3CCOCC3)cc2)C1=O. The van der Waals surface area contributed by atoms with Crippen molar-refractivity contribution in [2.75, 3.05) is 43.1 Å². The van der Waals surface area contributed by atoms with Crippen molar-refractivity contribution in [1.29, 1.82) is 0 Å². The second kappa shape index (κ2) is 8.77. The molecule has 0 aromatic heterocycles. The standard InChI is InChI=1S/C23H26N4O4/c1-2-23(17-6-4-3-5-7-17)21(29)27(22(30)25-23)16-20(28)24-18-8-10-19(11-9-18)26-12-14-31-15-13-26/h3-11H,2,12-16H2,1H3,(H,24,28)(H,25,30)/t23-/m1/s1. The molecule has 0 unspecified atom stereocenters. The molecule has 2 heterocycles. The van der Waals surface area contributed by atoms with Gasteiger partial charge in [0.05, 0.1) is 13.2 Å². The lowest BCUT2D eigenvalue weighted by atomic mass is 9.87. The maximum Gasteiger partial charge on any atom is 0.325 e. The van der Waals surface area contributed by atoms with E-state index in [9.17, 15) is 14.4 Å². The average molecular weight is 422 g/mol. The van der Waals surface area contributed by atoms with Gasteiger partial charge in [0.25, 0.3) is 5.91 Å². The van der Waals surface area contributed by atoms with Crippen LogP contribution in [0.15, 0.2) is 54.6 Å². The lowest BCUT2D eigenvalue weighted by molar-refractivity contribution is -0.134. The number of morpholine rings is 1. The zero-order chi connectivity index (χ0) is 21.8. The fraction of sp³-hybridized carbons (Fsp3) is 0.348. The molecule has 8 heteroatoms. The highest BCUT2D eigenvalue weighted by Crippen LogP contribution is 2.32.